The Morgan fingerprint density at radius 3 is 2.76 bits per heavy atom. The number of halogens is 1. The number of nitrogens with zero attached hydrogens (tertiary/aromatic N) is 3. The molecular weight excluding hydrogens is 321 g/mol. The van der Waals surface area contributed by atoms with Crippen LogP contribution < -0.4 is 0 Å². The first kappa shape index (κ1) is 16.3. The van der Waals surface area contributed by atoms with E-state index in [9.17, 15) is 9.18 Å². The lowest BCUT2D eigenvalue weighted by atomic mass is 9.93. The zero-order chi connectivity index (χ0) is 17.6. The molecule has 1 saturated carbocycles. The van der Waals surface area contributed by atoms with Crippen molar-refractivity contribution in [1.29, 1.82) is 0 Å². The van der Waals surface area contributed by atoms with E-state index in [0.29, 0.717) is 38.1 Å². The molecule has 4 rings (SSSR count). The molecule has 0 spiro atoms. The Hall–Kier alpha value is -2.21. The molecule has 2 aromatic rings. The van der Waals surface area contributed by atoms with Gasteiger partial charge in [0.1, 0.15) is 17.7 Å². The van der Waals surface area contributed by atoms with Gasteiger partial charge in [-0.3, -0.25) is 4.79 Å². The average Bonchev–Trinajstić information content (AvgIpc) is 3.34. The van der Waals surface area contributed by atoms with E-state index in [0.717, 1.165) is 11.5 Å². The molecule has 25 heavy (non-hydrogen) atoms. The first-order valence-electron chi connectivity index (χ1n) is 8.67. The first-order valence-corrected chi connectivity index (χ1v) is 8.67. The van der Waals surface area contributed by atoms with Crippen LogP contribution in [0.4, 0.5) is 4.39 Å². The summed E-state index contributed by atoms with van der Waals surface area (Å²) in [6.07, 6.45) is 3.11. The topological polar surface area (TPSA) is 47.4 Å². The second kappa shape index (κ2) is 5.95. The number of morpholine rings is 1. The third kappa shape index (κ3) is 2.74. The van der Waals surface area contributed by atoms with E-state index in [1.54, 1.807) is 18.2 Å². The molecule has 1 amide bonds. The van der Waals surface area contributed by atoms with Crippen LogP contribution in [0.15, 0.2) is 30.5 Å². The highest BCUT2D eigenvalue weighted by atomic mass is 19.1. The fourth-order valence-electron chi connectivity index (χ4n) is 3.80. The van der Waals surface area contributed by atoms with Crippen molar-refractivity contribution < 1.29 is 13.9 Å². The lowest BCUT2D eigenvalue weighted by Gasteiger charge is -2.35. The van der Waals surface area contributed by atoms with Crippen molar-refractivity contribution in [2.24, 2.45) is 7.05 Å². The molecule has 0 unspecified atom stereocenters. The molecule has 0 bridgehead atoms. The number of carbonyl (C=O) groups is 1. The average molecular weight is 343 g/mol. The molecule has 1 aromatic heterocycles. The molecule has 5 nitrogen and oxygen atoms in total. The fourth-order valence-corrected chi connectivity index (χ4v) is 3.80. The van der Waals surface area contributed by atoms with E-state index in [-0.39, 0.29) is 17.8 Å². The van der Waals surface area contributed by atoms with Crippen molar-refractivity contribution in [3.8, 4) is 0 Å². The van der Waals surface area contributed by atoms with Crippen molar-refractivity contribution in [2.45, 2.75) is 31.3 Å². The number of benzene rings is 1. The van der Waals surface area contributed by atoms with Crippen molar-refractivity contribution >= 4 is 5.91 Å². The summed E-state index contributed by atoms with van der Waals surface area (Å²) in [5, 5.41) is 0. The third-order valence-electron chi connectivity index (χ3n) is 5.22. The molecule has 6 heteroatoms. The van der Waals surface area contributed by atoms with Gasteiger partial charge in [0.05, 0.1) is 24.3 Å². The maximum Gasteiger partial charge on any atom is 0.233 e. The molecule has 1 aliphatic carbocycles. The number of amides is 1. The smallest absolute Gasteiger partial charge is 0.233 e. The van der Waals surface area contributed by atoms with Crippen LogP contribution in [0.5, 0.6) is 0 Å². The van der Waals surface area contributed by atoms with Crippen LogP contribution in [0.2, 0.25) is 0 Å². The predicted molar refractivity (Wildman–Crippen MR) is 90.5 cm³/mol. The highest BCUT2D eigenvalue weighted by Gasteiger charge is 2.54. The van der Waals surface area contributed by atoms with E-state index < -0.39 is 5.41 Å². The van der Waals surface area contributed by atoms with Crippen LogP contribution in [0.3, 0.4) is 0 Å². The van der Waals surface area contributed by atoms with Crippen molar-refractivity contribution in [3.05, 3.63) is 53.4 Å². The minimum atomic E-state index is -0.690. The van der Waals surface area contributed by atoms with Gasteiger partial charge in [0.15, 0.2) is 0 Å². The van der Waals surface area contributed by atoms with Gasteiger partial charge in [-0.2, -0.15) is 0 Å². The molecule has 0 radical (unpaired) electrons. The summed E-state index contributed by atoms with van der Waals surface area (Å²) in [5.74, 6) is 0.542. The maximum absolute atomic E-state index is 14.2. The summed E-state index contributed by atoms with van der Waals surface area (Å²) in [4.78, 5) is 19.5. The molecule has 0 N–H and O–H groups in total. The number of aromatic nitrogens is 2. The molecule has 2 heterocycles. The monoisotopic (exact) mass is 343 g/mol. The number of imidazole rings is 1. The molecule has 2 fully saturated rings. The summed E-state index contributed by atoms with van der Waals surface area (Å²) < 4.78 is 22.0. The minimum absolute atomic E-state index is 0.0110. The van der Waals surface area contributed by atoms with E-state index in [2.05, 4.69) is 4.98 Å². The van der Waals surface area contributed by atoms with Crippen LogP contribution in [-0.2, 0) is 22.0 Å². The minimum Gasteiger partial charge on any atom is -0.367 e. The van der Waals surface area contributed by atoms with Crippen LogP contribution in [0.1, 0.15) is 36.0 Å². The second-order valence-corrected chi connectivity index (χ2v) is 7.02. The second-order valence-electron chi connectivity index (χ2n) is 7.02. The highest BCUT2D eigenvalue weighted by molar-refractivity contribution is 5.91. The molecule has 1 aliphatic heterocycles. The zero-order valence-electron chi connectivity index (χ0n) is 14.5. The van der Waals surface area contributed by atoms with E-state index >= 15 is 0 Å². The number of carbonyl (C=O) groups excluding carboxylic acids is 1. The summed E-state index contributed by atoms with van der Waals surface area (Å²) in [5.41, 5.74) is 0.760. The Balaban J connectivity index is 1.57. The predicted octanol–water partition coefficient (Wildman–Crippen LogP) is 2.50. The Morgan fingerprint density at radius 2 is 2.12 bits per heavy atom. The molecule has 2 aliphatic rings. The Bertz CT molecular complexity index is 813. The van der Waals surface area contributed by atoms with E-state index in [4.69, 9.17) is 4.74 Å². The Morgan fingerprint density at radius 1 is 1.36 bits per heavy atom. The fraction of sp³-hybridized carbons (Fsp3) is 0.474. The van der Waals surface area contributed by atoms with Gasteiger partial charge in [-0.15, -0.1) is 0 Å². The maximum atomic E-state index is 14.2. The number of hydrogen-bond acceptors (Lipinski definition) is 3. The van der Waals surface area contributed by atoms with Crippen LogP contribution in [-0.4, -0.2) is 40.1 Å². The van der Waals surface area contributed by atoms with Crippen molar-refractivity contribution in [3.63, 3.8) is 0 Å². The van der Waals surface area contributed by atoms with Gasteiger partial charge in [0, 0.05) is 25.4 Å². The summed E-state index contributed by atoms with van der Waals surface area (Å²) in [6.45, 7) is 3.40. The van der Waals surface area contributed by atoms with E-state index in [1.807, 2.05) is 29.6 Å². The van der Waals surface area contributed by atoms with E-state index in [1.165, 1.54) is 6.07 Å². The van der Waals surface area contributed by atoms with Gasteiger partial charge in [0.25, 0.3) is 0 Å². The molecule has 1 atom stereocenters. The molecule has 132 valence electrons. The number of ether oxygens (including phenoxy) is 1. The summed E-state index contributed by atoms with van der Waals surface area (Å²) in [6, 6.07) is 6.62. The van der Waals surface area contributed by atoms with Crippen LogP contribution >= 0.6 is 0 Å². The SMILES string of the molecule is Cc1cn(C)c([C@H]2CN(C(=O)C3(c4ccccc4F)CC3)CCO2)n1. The van der Waals surface area contributed by atoms with Gasteiger partial charge in [-0.05, 0) is 25.8 Å². The number of hydrogen-bond donors (Lipinski definition) is 0. The van der Waals surface area contributed by atoms with Gasteiger partial charge in [-0.25, -0.2) is 9.37 Å². The standard InChI is InChI=1S/C19H22FN3O2/c1-13-11-22(2)17(21-13)16-12-23(9-10-25-16)18(24)19(7-8-19)14-5-3-4-6-15(14)20/h3-6,11,16H,7-10,12H2,1-2H3/t16-/m1/s1. The molecule has 1 aromatic carbocycles. The number of rotatable bonds is 3. The van der Waals surface area contributed by atoms with Gasteiger partial charge >= 0.3 is 0 Å². The van der Waals surface area contributed by atoms with Crippen LogP contribution in [0, 0.1) is 12.7 Å². The van der Waals surface area contributed by atoms with Crippen molar-refractivity contribution in [2.75, 3.05) is 19.7 Å². The third-order valence-corrected chi connectivity index (χ3v) is 5.22. The normalized spacial score (nSPS) is 22.0. The molecular formula is C19H22FN3O2. The van der Waals surface area contributed by atoms with Gasteiger partial charge < -0.3 is 14.2 Å². The largest absolute Gasteiger partial charge is 0.367 e. The van der Waals surface area contributed by atoms with Gasteiger partial charge in [-0.1, -0.05) is 18.2 Å². The van der Waals surface area contributed by atoms with Gasteiger partial charge in [0.2, 0.25) is 5.91 Å². The Kier molecular flexibility index (Phi) is 3.87. The van der Waals surface area contributed by atoms with Crippen LogP contribution in [0.25, 0.3) is 0 Å². The lowest BCUT2D eigenvalue weighted by Crippen LogP contribution is -2.47. The summed E-state index contributed by atoms with van der Waals surface area (Å²) >= 11 is 0. The Labute approximate surface area is 146 Å². The first-order chi connectivity index (χ1) is 12.0. The zero-order valence-corrected chi connectivity index (χ0v) is 14.5. The lowest BCUT2D eigenvalue weighted by molar-refractivity contribution is -0.142. The quantitative estimate of drug-likeness (QED) is 0.860. The highest BCUT2D eigenvalue weighted by Crippen LogP contribution is 2.50. The van der Waals surface area contributed by atoms with Crippen molar-refractivity contribution in [1.82, 2.24) is 14.5 Å². The number of aryl methyl sites for hydroxylation is 2. The molecule has 1 saturated heterocycles. The summed E-state index contributed by atoms with van der Waals surface area (Å²) in [7, 11) is 1.93.